The lowest BCUT2D eigenvalue weighted by Crippen LogP contribution is -2.51. The van der Waals surface area contributed by atoms with Crippen LogP contribution in [0, 0.1) is 5.41 Å². The van der Waals surface area contributed by atoms with Gasteiger partial charge in [0.2, 0.25) is 0 Å². The van der Waals surface area contributed by atoms with Crippen LogP contribution in [-0.2, 0) is 9.47 Å². The van der Waals surface area contributed by atoms with Crippen LogP contribution in [0.4, 0.5) is 8.78 Å². The minimum Gasteiger partial charge on any atom is -0.380 e. The third kappa shape index (κ3) is 2.61. The van der Waals surface area contributed by atoms with Crippen LogP contribution >= 0.6 is 0 Å². The molecule has 1 heterocycles. The molecule has 0 aromatic carbocycles. The average molecular weight is 194 g/mol. The summed E-state index contributed by atoms with van der Waals surface area (Å²) in [6.45, 7) is 3.02. The molecule has 13 heavy (non-hydrogen) atoms. The maximum absolute atomic E-state index is 12.5. The van der Waals surface area contributed by atoms with Crippen molar-refractivity contribution in [1.82, 2.24) is 0 Å². The summed E-state index contributed by atoms with van der Waals surface area (Å²) in [5, 5.41) is 0. The number of hydrogen-bond acceptors (Lipinski definition) is 2. The van der Waals surface area contributed by atoms with Gasteiger partial charge in [-0.15, -0.1) is 0 Å². The zero-order valence-corrected chi connectivity index (χ0v) is 7.89. The number of hydrogen-bond donors (Lipinski definition) is 0. The molecule has 0 N–H and O–H groups in total. The highest BCUT2D eigenvalue weighted by Crippen LogP contribution is 2.34. The van der Waals surface area contributed by atoms with Crippen molar-refractivity contribution in [2.45, 2.75) is 26.2 Å². The van der Waals surface area contributed by atoms with Gasteiger partial charge in [0.15, 0.2) is 0 Å². The molecular formula is C9H16F2O2. The number of ether oxygens (including phenoxy) is 2. The van der Waals surface area contributed by atoms with Gasteiger partial charge in [-0.1, -0.05) is 13.3 Å². The maximum Gasteiger partial charge on any atom is 0.250 e. The molecule has 0 atom stereocenters. The molecule has 0 bridgehead atoms. The van der Waals surface area contributed by atoms with E-state index in [1.165, 1.54) is 0 Å². The second-order valence-corrected chi connectivity index (χ2v) is 3.56. The van der Waals surface area contributed by atoms with Crippen LogP contribution in [0.5, 0.6) is 0 Å². The lowest BCUT2D eigenvalue weighted by atomic mass is 9.88. The highest BCUT2D eigenvalue weighted by Gasteiger charge is 2.47. The average Bonchev–Trinajstić information content (AvgIpc) is 2.01. The summed E-state index contributed by atoms with van der Waals surface area (Å²) in [5.41, 5.74) is -1.01. The van der Waals surface area contributed by atoms with Gasteiger partial charge < -0.3 is 9.47 Å². The molecule has 0 unspecified atom stereocenters. The summed E-state index contributed by atoms with van der Waals surface area (Å²) in [7, 11) is 0. The third-order valence-corrected chi connectivity index (χ3v) is 2.27. The van der Waals surface area contributed by atoms with Crippen LogP contribution in [0.1, 0.15) is 19.8 Å². The molecule has 0 radical (unpaired) electrons. The first kappa shape index (κ1) is 10.9. The molecule has 1 aliphatic heterocycles. The summed E-state index contributed by atoms with van der Waals surface area (Å²) in [5.74, 6) is 0. The Morgan fingerprint density at radius 3 is 2.54 bits per heavy atom. The van der Waals surface area contributed by atoms with Crippen molar-refractivity contribution in [3.63, 3.8) is 0 Å². The van der Waals surface area contributed by atoms with Crippen molar-refractivity contribution < 1.29 is 18.3 Å². The minimum absolute atomic E-state index is 0.130. The molecule has 2 nitrogen and oxygen atoms in total. The van der Waals surface area contributed by atoms with E-state index < -0.39 is 11.8 Å². The first-order chi connectivity index (χ1) is 6.21. The topological polar surface area (TPSA) is 18.5 Å². The van der Waals surface area contributed by atoms with Crippen molar-refractivity contribution in [2.24, 2.45) is 5.41 Å². The van der Waals surface area contributed by atoms with E-state index in [1.807, 2.05) is 6.92 Å². The van der Waals surface area contributed by atoms with Gasteiger partial charge in [-0.05, 0) is 6.42 Å². The zero-order chi connectivity index (χ0) is 9.73. The summed E-state index contributed by atoms with van der Waals surface area (Å²) in [4.78, 5) is 0. The van der Waals surface area contributed by atoms with Gasteiger partial charge in [0.1, 0.15) is 5.41 Å². The summed E-state index contributed by atoms with van der Waals surface area (Å²) in [6, 6.07) is 0. The van der Waals surface area contributed by atoms with Crippen molar-refractivity contribution in [3.8, 4) is 0 Å². The predicted octanol–water partition coefficient (Wildman–Crippen LogP) is 2.08. The molecule has 1 fully saturated rings. The molecular weight excluding hydrogens is 178 g/mol. The van der Waals surface area contributed by atoms with E-state index in [1.54, 1.807) is 0 Å². The standard InChI is InChI=1S/C9H16F2O2/c1-2-3-4-12-5-9(8(10)11)6-13-7-9/h8H,2-7H2,1H3. The van der Waals surface area contributed by atoms with E-state index in [2.05, 4.69) is 0 Å². The van der Waals surface area contributed by atoms with Gasteiger partial charge >= 0.3 is 0 Å². The fourth-order valence-corrected chi connectivity index (χ4v) is 1.16. The minimum atomic E-state index is -2.33. The Morgan fingerprint density at radius 2 is 2.15 bits per heavy atom. The fourth-order valence-electron chi connectivity index (χ4n) is 1.16. The van der Waals surface area contributed by atoms with Gasteiger partial charge in [-0.3, -0.25) is 0 Å². The predicted molar refractivity (Wildman–Crippen MR) is 45.0 cm³/mol. The molecule has 0 amide bonds. The van der Waals surface area contributed by atoms with Crippen LogP contribution in [-0.4, -0.2) is 32.9 Å². The van der Waals surface area contributed by atoms with E-state index in [0.717, 1.165) is 12.8 Å². The van der Waals surface area contributed by atoms with Crippen molar-refractivity contribution in [3.05, 3.63) is 0 Å². The monoisotopic (exact) mass is 194 g/mol. The van der Waals surface area contributed by atoms with E-state index in [9.17, 15) is 8.78 Å². The number of halogens is 2. The second kappa shape index (κ2) is 4.86. The molecule has 1 saturated heterocycles. The molecule has 0 saturated carbocycles. The number of rotatable bonds is 6. The van der Waals surface area contributed by atoms with Crippen LogP contribution in [0.25, 0.3) is 0 Å². The van der Waals surface area contributed by atoms with Gasteiger partial charge in [0.05, 0.1) is 19.8 Å². The van der Waals surface area contributed by atoms with Gasteiger partial charge in [0.25, 0.3) is 6.43 Å². The summed E-state index contributed by atoms with van der Waals surface area (Å²) in [6.07, 6.45) is -0.374. The Labute approximate surface area is 77.2 Å². The molecule has 1 rings (SSSR count). The normalized spacial score (nSPS) is 20.3. The lowest BCUT2D eigenvalue weighted by molar-refractivity contribution is -0.211. The molecule has 0 spiro atoms. The first-order valence-electron chi connectivity index (χ1n) is 4.65. The molecule has 0 aliphatic carbocycles. The van der Waals surface area contributed by atoms with Crippen molar-refractivity contribution in [1.29, 1.82) is 0 Å². The van der Waals surface area contributed by atoms with E-state index >= 15 is 0 Å². The summed E-state index contributed by atoms with van der Waals surface area (Å²) >= 11 is 0. The van der Waals surface area contributed by atoms with Crippen LogP contribution in [0.15, 0.2) is 0 Å². The largest absolute Gasteiger partial charge is 0.380 e. The second-order valence-electron chi connectivity index (χ2n) is 3.56. The summed E-state index contributed by atoms with van der Waals surface area (Å²) < 4.78 is 34.9. The Balaban J connectivity index is 2.17. The molecule has 4 heteroatoms. The van der Waals surface area contributed by atoms with Crippen LogP contribution in [0.2, 0.25) is 0 Å². The Morgan fingerprint density at radius 1 is 1.46 bits per heavy atom. The highest BCUT2D eigenvalue weighted by atomic mass is 19.3. The van der Waals surface area contributed by atoms with Gasteiger partial charge in [-0.2, -0.15) is 0 Å². The Bertz CT molecular complexity index is 147. The SMILES string of the molecule is CCCCOCC1(C(F)F)COC1. The van der Waals surface area contributed by atoms with Gasteiger partial charge in [0, 0.05) is 6.61 Å². The lowest BCUT2D eigenvalue weighted by Gasteiger charge is -2.40. The zero-order valence-electron chi connectivity index (χ0n) is 7.89. The van der Waals surface area contributed by atoms with E-state index in [-0.39, 0.29) is 19.8 Å². The number of unbranched alkanes of at least 4 members (excludes halogenated alkanes) is 1. The van der Waals surface area contributed by atoms with E-state index in [4.69, 9.17) is 9.47 Å². The smallest absolute Gasteiger partial charge is 0.250 e. The van der Waals surface area contributed by atoms with Crippen LogP contribution < -0.4 is 0 Å². The molecule has 0 aromatic heterocycles. The van der Waals surface area contributed by atoms with Gasteiger partial charge in [-0.25, -0.2) is 8.78 Å². The first-order valence-corrected chi connectivity index (χ1v) is 4.65. The maximum atomic E-state index is 12.5. The fraction of sp³-hybridized carbons (Fsp3) is 1.00. The number of alkyl halides is 2. The van der Waals surface area contributed by atoms with E-state index in [0.29, 0.717) is 6.61 Å². The Kier molecular flexibility index (Phi) is 4.06. The molecule has 78 valence electrons. The third-order valence-electron chi connectivity index (χ3n) is 2.27. The molecule has 1 aliphatic rings. The van der Waals surface area contributed by atoms with Crippen molar-refractivity contribution >= 4 is 0 Å². The Hall–Kier alpha value is -0.220. The van der Waals surface area contributed by atoms with Crippen molar-refractivity contribution in [2.75, 3.05) is 26.4 Å². The van der Waals surface area contributed by atoms with Crippen LogP contribution in [0.3, 0.4) is 0 Å². The molecule has 0 aromatic rings. The highest BCUT2D eigenvalue weighted by molar-refractivity contribution is 4.87. The quantitative estimate of drug-likeness (QED) is 0.603.